The molecule has 3 nitrogen and oxygen atoms in total. The minimum atomic E-state index is -0.597. The van der Waals surface area contributed by atoms with Gasteiger partial charge in [0.2, 0.25) is 0 Å². The number of rotatable bonds is 7. The second kappa shape index (κ2) is 8.01. The predicted molar refractivity (Wildman–Crippen MR) is 57.9 cm³/mol. The normalized spacial score (nSPS) is 14.8. The van der Waals surface area contributed by atoms with Crippen LogP contribution < -0.4 is 10.3 Å². The van der Waals surface area contributed by atoms with E-state index in [9.17, 15) is 0 Å². The Hall–Kier alpha value is 0.387. The largest absolute Gasteiger partial charge is 0.303 e. The summed E-state index contributed by atoms with van der Waals surface area (Å²) in [6, 6.07) is 0. The molecule has 0 aromatic rings. The maximum atomic E-state index is 5.75. The lowest BCUT2D eigenvalue weighted by atomic mass is 10.5. The van der Waals surface area contributed by atoms with Crippen LogP contribution in [0.5, 0.6) is 0 Å². The van der Waals surface area contributed by atoms with Crippen molar-refractivity contribution in [2.75, 3.05) is 19.6 Å². The molecule has 1 atom stereocenters. The fourth-order valence-corrected chi connectivity index (χ4v) is 2.17. The molecule has 0 aliphatic heterocycles. The van der Waals surface area contributed by atoms with Crippen LogP contribution in [-0.2, 0) is 0 Å². The Kier molecular flexibility index (Phi) is 8.26. The van der Waals surface area contributed by atoms with E-state index in [2.05, 4.69) is 36.0 Å². The molecule has 0 heterocycles. The average molecular weight is 210 g/mol. The lowest BCUT2D eigenvalue weighted by molar-refractivity contribution is 0.174. The van der Waals surface area contributed by atoms with Crippen molar-refractivity contribution in [3.63, 3.8) is 0 Å². The van der Waals surface area contributed by atoms with Crippen LogP contribution in [0.1, 0.15) is 20.8 Å². The molecule has 0 saturated heterocycles. The van der Waals surface area contributed by atoms with Crippen LogP contribution in [0, 0.1) is 0 Å². The molecule has 0 bridgehead atoms. The van der Waals surface area contributed by atoms with Crippen LogP contribution in [0.25, 0.3) is 0 Å². The van der Waals surface area contributed by atoms with E-state index in [1.807, 2.05) is 0 Å². The van der Waals surface area contributed by atoms with E-state index >= 15 is 0 Å². The Labute approximate surface area is 82.5 Å². The summed E-state index contributed by atoms with van der Waals surface area (Å²) >= 11 is 5.75. The summed E-state index contributed by atoms with van der Waals surface area (Å²) in [5, 5.41) is 3.35. The third-order valence-corrected chi connectivity index (χ3v) is 2.85. The van der Waals surface area contributed by atoms with Crippen molar-refractivity contribution in [1.82, 2.24) is 15.2 Å². The van der Waals surface area contributed by atoms with Crippen molar-refractivity contribution in [2.45, 2.75) is 27.1 Å². The van der Waals surface area contributed by atoms with Gasteiger partial charge in [0.25, 0.3) is 0 Å². The van der Waals surface area contributed by atoms with Gasteiger partial charge < -0.3 is 4.98 Å². The zero-order valence-electron chi connectivity index (χ0n) is 8.23. The monoisotopic (exact) mass is 209 g/mol. The quantitative estimate of drug-likeness (QED) is 0.353. The van der Waals surface area contributed by atoms with Gasteiger partial charge in [-0.15, -0.1) is 0 Å². The van der Waals surface area contributed by atoms with Crippen LogP contribution in [0.15, 0.2) is 0 Å². The van der Waals surface area contributed by atoms with Gasteiger partial charge in [0, 0.05) is 0 Å². The molecule has 0 spiro atoms. The van der Waals surface area contributed by atoms with E-state index in [-0.39, 0.29) is 6.29 Å². The first-order valence-electron chi connectivity index (χ1n) is 4.56. The summed E-state index contributed by atoms with van der Waals surface area (Å²) in [6.45, 7) is 9.49. The summed E-state index contributed by atoms with van der Waals surface area (Å²) in [4.78, 5) is 5.62. The third-order valence-electron chi connectivity index (χ3n) is 1.85. The summed E-state index contributed by atoms with van der Waals surface area (Å²) in [5.74, 6) is 0. The highest BCUT2D eigenvalue weighted by atomic mass is 35.6. The van der Waals surface area contributed by atoms with Gasteiger partial charge in [0.1, 0.15) is 6.29 Å². The highest BCUT2D eigenvalue weighted by molar-refractivity contribution is 6.92. The van der Waals surface area contributed by atoms with Crippen molar-refractivity contribution in [3.8, 4) is 0 Å². The van der Waals surface area contributed by atoms with Crippen molar-refractivity contribution in [1.29, 1.82) is 0 Å². The van der Waals surface area contributed by atoms with Gasteiger partial charge in [0.05, 0.1) is 0 Å². The Balaban J connectivity index is 3.86. The molecule has 12 heavy (non-hydrogen) atoms. The van der Waals surface area contributed by atoms with Gasteiger partial charge in [0.15, 0.2) is 8.99 Å². The van der Waals surface area contributed by atoms with Gasteiger partial charge in [-0.25, -0.2) is 0 Å². The van der Waals surface area contributed by atoms with Crippen LogP contribution >= 0.6 is 11.1 Å². The molecular formula is C7H20ClN3Si. The standard InChI is InChI=1S/C7H20ClN3Si/c1-4-9-7(10-12-8)11(5-2)6-3/h7,9-10H,4-6,12H2,1-3H3. The molecule has 0 aromatic carbocycles. The molecule has 0 amide bonds. The van der Waals surface area contributed by atoms with Crippen LogP contribution in [0.2, 0.25) is 0 Å². The lowest BCUT2D eigenvalue weighted by Gasteiger charge is -2.30. The Morgan fingerprint density at radius 3 is 2.25 bits per heavy atom. The number of nitrogens with zero attached hydrogens (tertiary/aromatic N) is 1. The number of halogens is 1. The molecule has 0 aromatic heterocycles. The van der Waals surface area contributed by atoms with Gasteiger partial charge in [-0.05, 0) is 19.6 Å². The van der Waals surface area contributed by atoms with E-state index in [0.717, 1.165) is 19.6 Å². The highest BCUT2D eigenvalue weighted by Crippen LogP contribution is 1.91. The first-order chi connectivity index (χ1) is 5.79. The van der Waals surface area contributed by atoms with Gasteiger partial charge in [-0.1, -0.05) is 20.8 Å². The summed E-state index contributed by atoms with van der Waals surface area (Å²) in [5.41, 5.74) is 0. The Morgan fingerprint density at radius 1 is 1.33 bits per heavy atom. The van der Waals surface area contributed by atoms with Gasteiger partial charge in [-0.3, -0.25) is 10.2 Å². The van der Waals surface area contributed by atoms with Crippen molar-refractivity contribution >= 4 is 20.1 Å². The predicted octanol–water partition coefficient (Wildman–Crippen LogP) is 0.0485. The fraction of sp³-hybridized carbons (Fsp3) is 1.00. The van der Waals surface area contributed by atoms with E-state index in [1.165, 1.54) is 0 Å². The number of hydrogen-bond donors (Lipinski definition) is 2. The molecular weight excluding hydrogens is 190 g/mol. The smallest absolute Gasteiger partial charge is 0.197 e. The fourth-order valence-electron chi connectivity index (χ4n) is 1.19. The van der Waals surface area contributed by atoms with Crippen molar-refractivity contribution in [3.05, 3.63) is 0 Å². The van der Waals surface area contributed by atoms with Crippen molar-refractivity contribution < 1.29 is 0 Å². The molecule has 0 rings (SSSR count). The van der Waals surface area contributed by atoms with E-state index in [1.54, 1.807) is 0 Å². The van der Waals surface area contributed by atoms with E-state index in [0.29, 0.717) is 0 Å². The molecule has 0 radical (unpaired) electrons. The second-order valence-electron chi connectivity index (χ2n) is 2.52. The average Bonchev–Trinajstić information content (AvgIpc) is 2.07. The minimum Gasteiger partial charge on any atom is -0.303 e. The van der Waals surface area contributed by atoms with Crippen molar-refractivity contribution in [2.24, 2.45) is 0 Å². The van der Waals surface area contributed by atoms with E-state index < -0.39 is 8.99 Å². The lowest BCUT2D eigenvalue weighted by Crippen LogP contribution is -2.55. The summed E-state index contributed by atoms with van der Waals surface area (Å²) < 4.78 is 0. The Morgan fingerprint density at radius 2 is 1.92 bits per heavy atom. The van der Waals surface area contributed by atoms with Crippen LogP contribution in [-0.4, -0.2) is 39.8 Å². The zero-order valence-corrected chi connectivity index (χ0v) is 10.4. The molecule has 74 valence electrons. The van der Waals surface area contributed by atoms with Gasteiger partial charge in [-0.2, -0.15) is 11.1 Å². The molecule has 0 fully saturated rings. The number of hydrogen-bond acceptors (Lipinski definition) is 3. The first kappa shape index (κ1) is 12.4. The van der Waals surface area contributed by atoms with Crippen LogP contribution in [0.4, 0.5) is 0 Å². The molecule has 0 aliphatic carbocycles. The summed E-state index contributed by atoms with van der Waals surface area (Å²) in [6.07, 6.45) is 0.272. The topological polar surface area (TPSA) is 27.3 Å². The third kappa shape index (κ3) is 4.42. The zero-order chi connectivity index (χ0) is 9.40. The van der Waals surface area contributed by atoms with E-state index in [4.69, 9.17) is 11.1 Å². The minimum absolute atomic E-state index is 0.272. The van der Waals surface area contributed by atoms with Gasteiger partial charge >= 0.3 is 0 Å². The summed E-state index contributed by atoms with van der Waals surface area (Å²) in [7, 11) is -0.597. The molecule has 0 aliphatic rings. The molecule has 2 N–H and O–H groups in total. The van der Waals surface area contributed by atoms with Crippen LogP contribution in [0.3, 0.4) is 0 Å². The molecule has 5 heteroatoms. The SMILES string of the molecule is CCNC(N[SiH2]Cl)N(CC)CC. The number of nitrogens with one attached hydrogen (secondary N) is 2. The maximum absolute atomic E-state index is 5.75. The Bertz CT molecular complexity index is 94.7. The highest BCUT2D eigenvalue weighted by Gasteiger charge is 2.11. The molecule has 0 saturated carbocycles. The second-order valence-corrected chi connectivity index (χ2v) is 4.00. The first-order valence-corrected chi connectivity index (χ1v) is 7.41. The maximum Gasteiger partial charge on any atom is 0.197 e. The molecule has 1 unspecified atom stereocenters.